The predicted molar refractivity (Wildman–Crippen MR) is 129 cm³/mol. The van der Waals surface area contributed by atoms with Crippen molar-refractivity contribution >= 4 is 16.7 Å². The van der Waals surface area contributed by atoms with Crippen LogP contribution in [0.1, 0.15) is 5.56 Å². The molecule has 1 aliphatic heterocycles. The van der Waals surface area contributed by atoms with Gasteiger partial charge in [0.2, 0.25) is 0 Å². The lowest BCUT2D eigenvalue weighted by Crippen LogP contribution is -2.46. The molecule has 0 aliphatic carbocycles. The van der Waals surface area contributed by atoms with E-state index in [9.17, 15) is 4.39 Å². The molecule has 1 fully saturated rings. The Balaban J connectivity index is 1.34. The van der Waals surface area contributed by atoms with Crippen LogP contribution in [0.3, 0.4) is 0 Å². The lowest BCUT2D eigenvalue weighted by atomic mass is 10.1. The SMILES string of the molecule is COc1cccc(-c2cc3cc(CN4CCN(c5ccccc5F)CC4)cc(OC)c3o2)c1. The Morgan fingerprint density at radius 2 is 1.70 bits per heavy atom. The summed E-state index contributed by atoms with van der Waals surface area (Å²) >= 11 is 0. The Kier molecular flexibility index (Phi) is 5.92. The van der Waals surface area contributed by atoms with E-state index >= 15 is 0 Å². The fraction of sp³-hybridized carbons (Fsp3) is 0.259. The Labute approximate surface area is 192 Å². The molecule has 0 N–H and O–H groups in total. The van der Waals surface area contributed by atoms with Gasteiger partial charge in [-0.3, -0.25) is 4.90 Å². The second kappa shape index (κ2) is 9.16. The average molecular weight is 447 g/mol. The number of methoxy groups -OCH3 is 2. The van der Waals surface area contributed by atoms with Gasteiger partial charge in [-0.1, -0.05) is 24.3 Å². The van der Waals surface area contributed by atoms with E-state index < -0.39 is 0 Å². The molecule has 1 aliphatic rings. The summed E-state index contributed by atoms with van der Waals surface area (Å²) in [6.07, 6.45) is 0. The van der Waals surface area contributed by atoms with Crippen LogP contribution in [0, 0.1) is 5.82 Å². The number of benzene rings is 3. The van der Waals surface area contributed by atoms with Gasteiger partial charge in [-0.05, 0) is 48.0 Å². The van der Waals surface area contributed by atoms with Crippen LogP contribution in [0.15, 0.2) is 71.1 Å². The van der Waals surface area contributed by atoms with Crippen molar-refractivity contribution in [3.8, 4) is 22.8 Å². The number of halogens is 1. The number of hydrogen-bond acceptors (Lipinski definition) is 5. The Bertz CT molecular complexity index is 1260. The standard InChI is InChI=1S/C27H27FN2O3/c1-31-22-7-5-6-20(16-22)25-17-21-14-19(15-26(32-2)27(21)33-25)18-29-10-12-30(13-11-29)24-9-4-3-8-23(24)28/h3-9,14-17H,10-13,18H2,1-2H3. The van der Waals surface area contributed by atoms with Gasteiger partial charge in [-0.2, -0.15) is 0 Å². The summed E-state index contributed by atoms with van der Waals surface area (Å²) in [5, 5.41) is 1.01. The summed E-state index contributed by atoms with van der Waals surface area (Å²) in [4.78, 5) is 4.51. The van der Waals surface area contributed by atoms with E-state index in [0.717, 1.165) is 72.1 Å². The van der Waals surface area contributed by atoms with Crippen molar-refractivity contribution in [3.63, 3.8) is 0 Å². The van der Waals surface area contributed by atoms with Crippen LogP contribution in [-0.2, 0) is 6.54 Å². The molecule has 0 unspecified atom stereocenters. The molecule has 0 amide bonds. The molecular formula is C27H27FN2O3. The smallest absolute Gasteiger partial charge is 0.176 e. The largest absolute Gasteiger partial charge is 0.497 e. The van der Waals surface area contributed by atoms with Gasteiger partial charge < -0.3 is 18.8 Å². The molecule has 5 nitrogen and oxygen atoms in total. The van der Waals surface area contributed by atoms with Gasteiger partial charge >= 0.3 is 0 Å². The number of nitrogens with zero attached hydrogens (tertiary/aromatic N) is 2. The maximum Gasteiger partial charge on any atom is 0.176 e. The third-order valence-corrected chi connectivity index (χ3v) is 6.19. The lowest BCUT2D eigenvalue weighted by Gasteiger charge is -2.36. The van der Waals surface area contributed by atoms with Crippen LogP contribution in [0.25, 0.3) is 22.3 Å². The van der Waals surface area contributed by atoms with Crippen molar-refractivity contribution in [2.75, 3.05) is 45.3 Å². The average Bonchev–Trinajstić information content (AvgIpc) is 3.29. The van der Waals surface area contributed by atoms with Crippen LogP contribution in [0.2, 0.25) is 0 Å². The predicted octanol–water partition coefficient (Wildman–Crippen LogP) is 5.58. The topological polar surface area (TPSA) is 38.1 Å². The van der Waals surface area contributed by atoms with Gasteiger partial charge in [0.1, 0.15) is 17.3 Å². The van der Waals surface area contributed by atoms with Crippen LogP contribution >= 0.6 is 0 Å². The quantitative estimate of drug-likeness (QED) is 0.387. The van der Waals surface area contributed by atoms with E-state index in [1.54, 1.807) is 20.3 Å². The molecule has 1 saturated heterocycles. The van der Waals surface area contributed by atoms with E-state index in [0.29, 0.717) is 5.69 Å². The first-order chi connectivity index (χ1) is 16.1. The van der Waals surface area contributed by atoms with Gasteiger partial charge in [-0.15, -0.1) is 0 Å². The zero-order valence-corrected chi connectivity index (χ0v) is 18.9. The number of rotatable bonds is 6. The molecule has 2 heterocycles. The van der Waals surface area contributed by atoms with Gasteiger partial charge in [0, 0.05) is 43.7 Å². The fourth-order valence-electron chi connectivity index (χ4n) is 4.46. The van der Waals surface area contributed by atoms with Crippen LogP contribution in [0.5, 0.6) is 11.5 Å². The summed E-state index contributed by atoms with van der Waals surface area (Å²) in [6, 6.07) is 21.1. The highest BCUT2D eigenvalue weighted by Crippen LogP contribution is 2.36. The Hall–Kier alpha value is -3.51. The number of para-hydroxylation sites is 1. The van der Waals surface area contributed by atoms with E-state index in [1.165, 1.54) is 6.07 Å². The first-order valence-corrected chi connectivity index (χ1v) is 11.1. The Morgan fingerprint density at radius 1 is 0.879 bits per heavy atom. The molecular weight excluding hydrogens is 419 g/mol. The fourth-order valence-corrected chi connectivity index (χ4v) is 4.46. The minimum Gasteiger partial charge on any atom is -0.497 e. The minimum absolute atomic E-state index is 0.159. The van der Waals surface area contributed by atoms with Gasteiger partial charge in [0.05, 0.1) is 19.9 Å². The van der Waals surface area contributed by atoms with Gasteiger partial charge in [0.15, 0.2) is 11.3 Å². The minimum atomic E-state index is -0.159. The third-order valence-electron chi connectivity index (χ3n) is 6.19. The molecule has 0 radical (unpaired) electrons. The van der Waals surface area contributed by atoms with Crippen LogP contribution in [-0.4, -0.2) is 45.3 Å². The summed E-state index contributed by atoms with van der Waals surface area (Å²) in [5.74, 6) is 2.13. The molecule has 33 heavy (non-hydrogen) atoms. The number of ether oxygens (including phenoxy) is 2. The molecule has 0 atom stereocenters. The third kappa shape index (κ3) is 4.39. The molecule has 4 aromatic rings. The van der Waals surface area contributed by atoms with Crippen molar-refractivity contribution in [3.05, 3.63) is 78.1 Å². The summed E-state index contributed by atoms with van der Waals surface area (Å²) in [5.41, 5.74) is 3.54. The van der Waals surface area contributed by atoms with Gasteiger partial charge in [-0.25, -0.2) is 4.39 Å². The van der Waals surface area contributed by atoms with Crippen LogP contribution in [0.4, 0.5) is 10.1 Å². The van der Waals surface area contributed by atoms with E-state index in [4.69, 9.17) is 13.9 Å². The Morgan fingerprint density at radius 3 is 2.45 bits per heavy atom. The first-order valence-electron chi connectivity index (χ1n) is 11.1. The van der Waals surface area contributed by atoms with E-state index in [1.807, 2.05) is 48.5 Å². The molecule has 5 rings (SSSR count). The molecule has 0 spiro atoms. The van der Waals surface area contributed by atoms with Crippen molar-refractivity contribution in [1.29, 1.82) is 0 Å². The zero-order chi connectivity index (χ0) is 22.8. The van der Waals surface area contributed by atoms with Crippen LogP contribution < -0.4 is 14.4 Å². The molecule has 0 saturated carbocycles. The number of anilines is 1. The second-order valence-electron chi connectivity index (χ2n) is 8.27. The van der Waals surface area contributed by atoms with E-state index in [-0.39, 0.29) is 5.82 Å². The highest BCUT2D eigenvalue weighted by atomic mass is 19.1. The first kappa shape index (κ1) is 21.3. The van der Waals surface area contributed by atoms with Crippen molar-refractivity contribution in [2.45, 2.75) is 6.54 Å². The molecule has 0 bridgehead atoms. The zero-order valence-electron chi connectivity index (χ0n) is 18.9. The molecule has 170 valence electrons. The molecule has 1 aromatic heterocycles. The maximum absolute atomic E-state index is 14.1. The highest BCUT2D eigenvalue weighted by Gasteiger charge is 2.20. The number of hydrogen-bond donors (Lipinski definition) is 0. The summed E-state index contributed by atoms with van der Waals surface area (Å²) < 4.78 is 31.3. The highest BCUT2D eigenvalue weighted by molar-refractivity contribution is 5.88. The van der Waals surface area contributed by atoms with Crippen molar-refractivity contribution < 1.29 is 18.3 Å². The summed E-state index contributed by atoms with van der Waals surface area (Å²) in [6.45, 7) is 4.14. The number of fused-ring (bicyclic) bond motifs is 1. The monoisotopic (exact) mass is 446 g/mol. The molecule has 3 aromatic carbocycles. The lowest BCUT2D eigenvalue weighted by molar-refractivity contribution is 0.249. The second-order valence-corrected chi connectivity index (χ2v) is 8.27. The number of furan rings is 1. The van der Waals surface area contributed by atoms with Gasteiger partial charge in [0.25, 0.3) is 0 Å². The summed E-state index contributed by atoms with van der Waals surface area (Å²) in [7, 11) is 3.32. The van der Waals surface area contributed by atoms with E-state index in [2.05, 4.69) is 15.9 Å². The molecule has 6 heteroatoms. The normalized spacial score (nSPS) is 14.6. The number of piperazine rings is 1. The van der Waals surface area contributed by atoms with Crippen molar-refractivity contribution in [2.24, 2.45) is 0 Å². The van der Waals surface area contributed by atoms with Crippen molar-refractivity contribution in [1.82, 2.24) is 4.90 Å². The maximum atomic E-state index is 14.1.